The standard InChI is InChI=1S/C23H24N6O2/c30-22(20-9-8-17-5-1-2-6-19(17)31-20)27-18-15-25-23(26-16-18)29-13-11-28(12-14-29)21-7-3-4-10-24-21/h1-7,10,15-16,20H,8-9,11-14H2,(H,27,30). The number of pyridine rings is 1. The molecular weight excluding hydrogens is 392 g/mol. The summed E-state index contributed by atoms with van der Waals surface area (Å²) >= 11 is 0. The molecule has 5 rings (SSSR count). The minimum Gasteiger partial charge on any atom is -0.480 e. The van der Waals surface area contributed by atoms with Crippen molar-refractivity contribution in [2.45, 2.75) is 18.9 Å². The van der Waals surface area contributed by atoms with Crippen LogP contribution in [0.4, 0.5) is 17.5 Å². The summed E-state index contributed by atoms with van der Waals surface area (Å²) in [4.78, 5) is 30.4. The van der Waals surface area contributed by atoms with Crippen molar-refractivity contribution < 1.29 is 9.53 Å². The molecule has 3 aromatic rings. The van der Waals surface area contributed by atoms with E-state index in [2.05, 4.69) is 30.1 Å². The predicted molar refractivity (Wildman–Crippen MR) is 119 cm³/mol. The van der Waals surface area contributed by atoms with Gasteiger partial charge >= 0.3 is 0 Å². The molecule has 2 aliphatic heterocycles. The molecule has 1 N–H and O–H groups in total. The van der Waals surface area contributed by atoms with Gasteiger partial charge in [-0.2, -0.15) is 0 Å². The van der Waals surface area contributed by atoms with E-state index in [1.807, 2.05) is 48.7 Å². The number of fused-ring (bicyclic) bond motifs is 1. The molecule has 0 bridgehead atoms. The van der Waals surface area contributed by atoms with E-state index in [-0.39, 0.29) is 5.91 Å². The summed E-state index contributed by atoms with van der Waals surface area (Å²) in [6.07, 6.45) is 6.10. The lowest BCUT2D eigenvalue weighted by atomic mass is 10.0. The minimum absolute atomic E-state index is 0.171. The molecule has 8 nitrogen and oxygen atoms in total. The van der Waals surface area contributed by atoms with Gasteiger partial charge in [-0.05, 0) is 36.6 Å². The number of carbonyl (C=O) groups excluding carboxylic acids is 1. The molecule has 1 fully saturated rings. The highest BCUT2D eigenvalue weighted by molar-refractivity contribution is 5.94. The zero-order valence-corrected chi connectivity index (χ0v) is 17.1. The van der Waals surface area contributed by atoms with Crippen LogP contribution in [0.1, 0.15) is 12.0 Å². The molecule has 1 unspecified atom stereocenters. The zero-order valence-electron chi connectivity index (χ0n) is 17.1. The van der Waals surface area contributed by atoms with E-state index in [0.29, 0.717) is 18.1 Å². The fourth-order valence-corrected chi connectivity index (χ4v) is 3.96. The van der Waals surface area contributed by atoms with Crippen LogP contribution in [0, 0.1) is 0 Å². The Labute approximate surface area is 180 Å². The summed E-state index contributed by atoms with van der Waals surface area (Å²) in [7, 11) is 0. The van der Waals surface area contributed by atoms with Crippen LogP contribution in [0.5, 0.6) is 5.75 Å². The number of aromatic nitrogens is 3. The molecule has 0 aliphatic carbocycles. The van der Waals surface area contributed by atoms with Crippen LogP contribution in [0.2, 0.25) is 0 Å². The second-order valence-corrected chi connectivity index (χ2v) is 7.68. The first-order valence-corrected chi connectivity index (χ1v) is 10.5. The number of nitrogens with one attached hydrogen (secondary N) is 1. The topological polar surface area (TPSA) is 83.5 Å². The Balaban J connectivity index is 1.16. The minimum atomic E-state index is -0.505. The first-order chi connectivity index (χ1) is 15.3. The fraction of sp³-hybridized carbons (Fsp3) is 0.304. The van der Waals surface area contributed by atoms with Crippen molar-refractivity contribution in [1.29, 1.82) is 0 Å². The van der Waals surface area contributed by atoms with Gasteiger partial charge in [0.05, 0.1) is 18.1 Å². The molecule has 0 radical (unpaired) electrons. The third kappa shape index (κ3) is 4.28. The zero-order chi connectivity index (χ0) is 21.0. The van der Waals surface area contributed by atoms with E-state index in [4.69, 9.17) is 4.74 Å². The average molecular weight is 416 g/mol. The van der Waals surface area contributed by atoms with Crippen LogP contribution in [-0.4, -0.2) is 53.1 Å². The second-order valence-electron chi connectivity index (χ2n) is 7.68. The number of rotatable bonds is 4. The lowest BCUT2D eigenvalue weighted by Gasteiger charge is -2.35. The Bertz CT molecular complexity index is 1040. The molecule has 1 aromatic carbocycles. The molecule has 31 heavy (non-hydrogen) atoms. The van der Waals surface area contributed by atoms with Crippen molar-refractivity contribution >= 4 is 23.4 Å². The maximum atomic E-state index is 12.6. The van der Waals surface area contributed by atoms with Crippen molar-refractivity contribution in [3.05, 3.63) is 66.6 Å². The van der Waals surface area contributed by atoms with Crippen molar-refractivity contribution in [3.63, 3.8) is 0 Å². The quantitative estimate of drug-likeness (QED) is 0.700. The molecule has 1 saturated heterocycles. The van der Waals surface area contributed by atoms with Gasteiger partial charge in [0.15, 0.2) is 6.10 Å². The molecule has 4 heterocycles. The Morgan fingerprint density at radius 3 is 2.45 bits per heavy atom. The molecule has 2 aliphatic rings. The smallest absolute Gasteiger partial charge is 0.265 e. The maximum absolute atomic E-state index is 12.6. The van der Waals surface area contributed by atoms with E-state index in [0.717, 1.165) is 49.7 Å². The fourth-order valence-electron chi connectivity index (χ4n) is 3.96. The number of benzene rings is 1. The number of piperazine rings is 1. The summed E-state index contributed by atoms with van der Waals surface area (Å²) in [6, 6.07) is 13.8. The summed E-state index contributed by atoms with van der Waals surface area (Å²) in [6.45, 7) is 3.36. The van der Waals surface area contributed by atoms with E-state index in [1.165, 1.54) is 0 Å². The van der Waals surface area contributed by atoms with E-state index >= 15 is 0 Å². The van der Waals surface area contributed by atoms with Gasteiger partial charge in [-0.3, -0.25) is 4.79 Å². The lowest BCUT2D eigenvalue weighted by Crippen LogP contribution is -2.47. The highest BCUT2D eigenvalue weighted by Gasteiger charge is 2.26. The largest absolute Gasteiger partial charge is 0.480 e. The Kier molecular flexibility index (Phi) is 5.35. The Hall–Kier alpha value is -3.68. The van der Waals surface area contributed by atoms with Crippen LogP contribution >= 0.6 is 0 Å². The van der Waals surface area contributed by atoms with Crippen LogP contribution < -0.4 is 19.9 Å². The third-order valence-electron chi connectivity index (χ3n) is 5.65. The number of nitrogens with zero attached hydrogens (tertiary/aromatic N) is 5. The molecule has 0 spiro atoms. The predicted octanol–water partition coefficient (Wildman–Crippen LogP) is 2.53. The summed E-state index contributed by atoms with van der Waals surface area (Å²) in [5, 5.41) is 2.88. The number of amides is 1. The maximum Gasteiger partial charge on any atom is 0.265 e. The van der Waals surface area contributed by atoms with Crippen molar-refractivity contribution in [1.82, 2.24) is 15.0 Å². The number of hydrogen-bond acceptors (Lipinski definition) is 7. The van der Waals surface area contributed by atoms with Crippen LogP contribution in [0.25, 0.3) is 0 Å². The molecule has 1 atom stereocenters. The first kappa shape index (κ1) is 19.3. The number of ether oxygens (including phenoxy) is 1. The van der Waals surface area contributed by atoms with Crippen molar-refractivity contribution in [3.8, 4) is 5.75 Å². The van der Waals surface area contributed by atoms with Gasteiger partial charge in [0.25, 0.3) is 5.91 Å². The summed E-state index contributed by atoms with van der Waals surface area (Å²) in [5.74, 6) is 2.27. The normalized spacial score (nSPS) is 18.1. The monoisotopic (exact) mass is 416 g/mol. The molecule has 0 saturated carbocycles. The number of anilines is 3. The molecule has 1 amide bonds. The first-order valence-electron chi connectivity index (χ1n) is 10.5. The van der Waals surface area contributed by atoms with E-state index in [1.54, 1.807) is 12.4 Å². The highest BCUT2D eigenvalue weighted by atomic mass is 16.5. The van der Waals surface area contributed by atoms with Crippen molar-refractivity contribution in [2.24, 2.45) is 0 Å². The van der Waals surface area contributed by atoms with Gasteiger partial charge in [0.1, 0.15) is 11.6 Å². The number of aryl methyl sites for hydroxylation is 1. The number of carbonyl (C=O) groups is 1. The van der Waals surface area contributed by atoms with Gasteiger partial charge in [-0.1, -0.05) is 24.3 Å². The average Bonchev–Trinajstić information content (AvgIpc) is 2.85. The summed E-state index contributed by atoms with van der Waals surface area (Å²) in [5.41, 5.74) is 1.71. The van der Waals surface area contributed by atoms with Gasteiger partial charge < -0.3 is 19.9 Å². The van der Waals surface area contributed by atoms with Crippen LogP contribution in [-0.2, 0) is 11.2 Å². The molecular formula is C23H24N6O2. The third-order valence-corrected chi connectivity index (χ3v) is 5.65. The molecule has 158 valence electrons. The van der Waals surface area contributed by atoms with Gasteiger partial charge in [-0.25, -0.2) is 15.0 Å². The number of hydrogen-bond donors (Lipinski definition) is 1. The highest BCUT2D eigenvalue weighted by Crippen LogP contribution is 2.27. The Morgan fingerprint density at radius 1 is 0.935 bits per heavy atom. The lowest BCUT2D eigenvalue weighted by molar-refractivity contribution is -0.123. The van der Waals surface area contributed by atoms with Gasteiger partial charge in [0, 0.05) is 32.4 Å². The van der Waals surface area contributed by atoms with E-state index in [9.17, 15) is 4.79 Å². The van der Waals surface area contributed by atoms with E-state index < -0.39 is 6.10 Å². The second kappa shape index (κ2) is 8.59. The molecule has 8 heteroatoms. The molecule has 2 aromatic heterocycles. The van der Waals surface area contributed by atoms with Gasteiger partial charge in [-0.15, -0.1) is 0 Å². The Morgan fingerprint density at radius 2 is 1.68 bits per heavy atom. The van der Waals surface area contributed by atoms with Crippen LogP contribution in [0.15, 0.2) is 61.1 Å². The SMILES string of the molecule is O=C(Nc1cnc(N2CCN(c3ccccn3)CC2)nc1)C1CCc2ccccc2O1. The van der Waals surface area contributed by atoms with Gasteiger partial charge in [0.2, 0.25) is 5.95 Å². The number of para-hydroxylation sites is 1. The van der Waals surface area contributed by atoms with Crippen LogP contribution in [0.3, 0.4) is 0 Å². The van der Waals surface area contributed by atoms with Crippen molar-refractivity contribution in [2.75, 3.05) is 41.3 Å². The summed E-state index contributed by atoms with van der Waals surface area (Å²) < 4.78 is 5.86.